The summed E-state index contributed by atoms with van der Waals surface area (Å²) in [6.07, 6.45) is 1.61. The molecule has 0 unspecified atom stereocenters. The lowest BCUT2D eigenvalue weighted by molar-refractivity contribution is 0.0730. The number of benzene rings is 2. The molecule has 0 aromatic heterocycles. The van der Waals surface area contributed by atoms with Gasteiger partial charge in [0.25, 0.3) is 5.91 Å². The second-order valence-corrected chi connectivity index (χ2v) is 8.92. The highest BCUT2D eigenvalue weighted by atomic mass is 32.2. The van der Waals surface area contributed by atoms with Gasteiger partial charge in [-0.25, -0.2) is 8.42 Å². The zero-order chi connectivity index (χ0) is 21.4. The first-order valence-corrected chi connectivity index (χ1v) is 11.6. The van der Waals surface area contributed by atoms with Gasteiger partial charge in [-0.2, -0.15) is 4.31 Å². The van der Waals surface area contributed by atoms with Crippen LogP contribution in [0.2, 0.25) is 0 Å². The molecule has 1 amide bonds. The minimum absolute atomic E-state index is 0.131. The topological polar surface area (TPSA) is 84.9 Å². The summed E-state index contributed by atoms with van der Waals surface area (Å²) in [5.41, 5.74) is 1.51. The third kappa shape index (κ3) is 5.81. The van der Waals surface area contributed by atoms with Gasteiger partial charge in [0, 0.05) is 25.2 Å². The molecule has 0 saturated carbocycles. The molecule has 0 bridgehead atoms. The maximum absolute atomic E-state index is 12.8. The van der Waals surface area contributed by atoms with Crippen LogP contribution in [-0.4, -0.2) is 58.1 Å². The highest BCUT2D eigenvalue weighted by Crippen LogP contribution is 2.18. The monoisotopic (exact) mass is 432 g/mol. The van der Waals surface area contributed by atoms with Crippen LogP contribution in [0.3, 0.4) is 0 Å². The highest BCUT2D eigenvalue weighted by Gasteiger charge is 2.26. The number of carbonyl (C=O) groups is 1. The Labute approximate surface area is 178 Å². The second-order valence-electron chi connectivity index (χ2n) is 6.98. The van der Waals surface area contributed by atoms with Crippen molar-refractivity contribution in [2.45, 2.75) is 24.7 Å². The largest absolute Gasteiger partial charge is 0.494 e. The average Bonchev–Trinajstić information content (AvgIpc) is 2.78. The molecule has 30 heavy (non-hydrogen) atoms. The molecule has 1 fully saturated rings. The lowest BCUT2D eigenvalue weighted by atomic mass is 10.1. The van der Waals surface area contributed by atoms with Gasteiger partial charge in [0.1, 0.15) is 5.75 Å². The Kier molecular flexibility index (Phi) is 7.84. The van der Waals surface area contributed by atoms with E-state index in [1.54, 1.807) is 12.1 Å². The van der Waals surface area contributed by atoms with E-state index in [-0.39, 0.29) is 10.8 Å². The maximum atomic E-state index is 12.8. The first-order valence-electron chi connectivity index (χ1n) is 10.2. The molecule has 2 aromatic carbocycles. The van der Waals surface area contributed by atoms with E-state index in [0.717, 1.165) is 18.6 Å². The molecular formula is C22H28N2O5S. The maximum Gasteiger partial charge on any atom is 0.251 e. The number of nitrogens with one attached hydrogen (secondary N) is 1. The van der Waals surface area contributed by atoms with Crippen molar-refractivity contribution in [3.8, 4) is 5.75 Å². The van der Waals surface area contributed by atoms with E-state index in [0.29, 0.717) is 45.0 Å². The number of sulfonamides is 1. The van der Waals surface area contributed by atoms with Crippen LogP contribution in [-0.2, 0) is 21.2 Å². The molecule has 0 radical (unpaired) electrons. The first-order chi connectivity index (χ1) is 14.5. The Hall–Kier alpha value is -2.42. The Morgan fingerprint density at radius 1 is 1.13 bits per heavy atom. The summed E-state index contributed by atoms with van der Waals surface area (Å²) in [5.74, 6) is 0.571. The van der Waals surface area contributed by atoms with Crippen LogP contribution in [0.5, 0.6) is 5.75 Å². The van der Waals surface area contributed by atoms with Gasteiger partial charge >= 0.3 is 0 Å². The van der Waals surface area contributed by atoms with E-state index in [2.05, 4.69) is 5.32 Å². The summed E-state index contributed by atoms with van der Waals surface area (Å²) in [6.45, 7) is 4.51. The number of morpholine rings is 1. The predicted octanol–water partition coefficient (Wildman–Crippen LogP) is 2.47. The van der Waals surface area contributed by atoms with Gasteiger partial charge in [0.2, 0.25) is 10.0 Å². The van der Waals surface area contributed by atoms with Crippen LogP contribution in [0.25, 0.3) is 0 Å². The molecule has 1 N–H and O–H groups in total. The molecule has 1 saturated heterocycles. The standard InChI is InChI=1S/C22H28N2O5S/c1-2-29-20-10-8-18(9-11-20)5-4-12-23-22(25)19-6-3-7-21(17-19)30(26,27)24-13-15-28-16-14-24/h3,6-11,17H,2,4-5,12-16H2,1H3,(H,23,25). The van der Waals surface area contributed by atoms with E-state index >= 15 is 0 Å². The lowest BCUT2D eigenvalue weighted by Crippen LogP contribution is -2.40. The van der Waals surface area contributed by atoms with Crippen molar-refractivity contribution in [2.75, 3.05) is 39.5 Å². The Morgan fingerprint density at radius 3 is 2.57 bits per heavy atom. The number of aryl methyl sites for hydroxylation is 1. The van der Waals surface area contributed by atoms with Gasteiger partial charge in [0.05, 0.1) is 24.7 Å². The third-order valence-corrected chi connectivity index (χ3v) is 6.76. The van der Waals surface area contributed by atoms with E-state index in [9.17, 15) is 13.2 Å². The summed E-state index contributed by atoms with van der Waals surface area (Å²) in [7, 11) is -3.62. The van der Waals surface area contributed by atoms with Gasteiger partial charge in [-0.05, 0) is 55.7 Å². The molecule has 7 nitrogen and oxygen atoms in total. The molecule has 1 heterocycles. The zero-order valence-electron chi connectivity index (χ0n) is 17.2. The van der Waals surface area contributed by atoms with Crippen molar-refractivity contribution in [1.82, 2.24) is 9.62 Å². The molecular weight excluding hydrogens is 404 g/mol. The van der Waals surface area contributed by atoms with Gasteiger partial charge in [0.15, 0.2) is 0 Å². The van der Waals surface area contributed by atoms with E-state index in [1.165, 1.54) is 22.0 Å². The minimum Gasteiger partial charge on any atom is -0.494 e. The predicted molar refractivity (Wildman–Crippen MR) is 114 cm³/mol. The molecule has 0 atom stereocenters. The van der Waals surface area contributed by atoms with E-state index < -0.39 is 10.0 Å². The van der Waals surface area contributed by atoms with Crippen molar-refractivity contribution >= 4 is 15.9 Å². The average molecular weight is 433 g/mol. The number of carbonyl (C=O) groups excluding carboxylic acids is 1. The van der Waals surface area contributed by atoms with E-state index in [4.69, 9.17) is 9.47 Å². The number of hydrogen-bond donors (Lipinski definition) is 1. The Balaban J connectivity index is 1.52. The fourth-order valence-electron chi connectivity index (χ4n) is 3.25. The third-order valence-electron chi connectivity index (χ3n) is 4.87. The SMILES string of the molecule is CCOc1ccc(CCCNC(=O)c2cccc(S(=O)(=O)N3CCOCC3)c2)cc1. The first kappa shape index (κ1) is 22.3. The van der Waals surface area contributed by atoms with Crippen molar-refractivity contribution in [2.24, 2.45) is 0 Å². The van der Waals surface area contributed by atoms with Crippen molar-refractivity contribution in [3.05, 3.63) is 59.7 Å². The molecule has 0 spiro atoms. The van der Waals surface area contributed by atoms with Crippen molar-refractivity contribution in [3.63, 3.8) is 0 Å². The number of ether oxygens (including phenoxy) is 2. The number of amides is 1. The van der Waals surface area contributed by atoms with Crippen LogP contribution in [0.4, 0.5) is 0 Å². The van der Waals surface area contributed by atoms with Crippen molar-refractivity contribution in [1.29, 1.82) is 0 Å². The van der Waals surface area contributed by atoms with Crippen LogP contribution < -0.4 is 10.1 Å². The summed E-state index contributed by atoms with van der Waals surface area (Å²) in [6, 6.07) is 14.1. The summed E-state index contributed by atoms with van der Waals surface area (Å²) >= 11 is 0. The fraction of sp³-hybridized carbons (Fsp3) is 0.409. The molecule has 0 aliphatic carbocycles. The van der Waals surface area contributed by atoms with E-state index in [1.807, 2.05) is 31.2 Å². The number of rotatable bonds is 9. The molecule has 2 aromatic rings. The normalized spacial score (nSPS) is 15.0. The zero-order valence-corrected chi connectivity index (χ0v) is 18.0. The van der Waals surface area contributed by atoms with Crippen LogP contribution in [0, 0.1) is 0 Å². The Bertz CT molecular complexity index is 938. The number of nitrogens with zero attached hydrogens (tertiary/aromatic N) is 1. The lowest BCUT2D eigenvalue weighted by Gasteiger charge is -2.26. The molecule has 1 aliphatic heterocycles. The smallest absolute Gasteiger partial charge is 0.251 e. The second kappa shape index (κ2) is 10.6. The fourth-order valence-corrected chi connectivity index (χ4v) is 4.70. The van der Waals surface area contributed by atoms with Gasteiger partial charge < -0.3 is 14.8 Å². The van der Waals surface area contributed by atoms with Gasteiger partial charge in [-0.1, -0.05) is 18.2 Å². The number of hydrogen-bond acceptors (Lipinski definition) is 5. The molecule has 162 valence electrons. The van der Waals surface area contributed by atoms with Crippen LogP contribution in [0.1, 0.15) is 29.3 Å². The molecule has 3 rings (SSSR count). The van der Waals surface area contributed by atoms with Crippen LogP contribution >= 0.6 is 0 Å². The van der Waals surface area contributed by atoms with Gasteiger partial charge in [-0.15, -0.1) is 0 Å². The summed E-state index contributed by atoms with van der Waals surface area (Å²) < 4.78 is 37.6. The highest BCUT2D eigenvalue weighted by molar-refractivity contribution is 7.89. The quantitative estimate of drug-likeness (QED) is 0.616. The molecule has 1 aliphatic rings. The van der Waals surface area contributed by atoms with Gasteiger partial charge in [-0.3, -0.25) is 4.79 Å². The van der Waals surface area contributed by atoms with Crippen molar-refractivity contribution < 1.29 is 22.7 Å². The summed E-state index contributed by atoms with van der Waals surface area (Å²) in [5, 5.41) is 2.87. The summed E-state index contributed by atoms with van der Waals surface area (Å²) in [4.78, 5) is 12.6. The molecule has 8 heteroatoms. The van der Waals surface area contributed by atoms with Crippen LogP contribution in [0.15, 0.2) is 53.4 Å². The Morgan fingerprint density at radius 2 is 1.87 bits per heavy atom. The minimum atomic E-state index is -3.62.